The number of aliphatic hydroxyl groups is 1. The van der Waals surface area contributed by atoms with Gasteiger partial charge in [0.2, 0.25) is 11.7 Å². The number of carbonyl (C=O) groups is 1. The predicted octanol–water partition coefficient (Wildman–Crippen LogP) is -0.570. The highest BCUT2D eigenvalue weighted by molar-refractivity contribution is 5.75. The average molecular weight is 251 g/mol. The first kappa shape index (κ1) is 12.2. The van der Waals surface area contributed by atoms with Crippen LogP contribution in [-0.4, -0.2) is 43.9 Å². The third-order valence-electron chi connectivity index (χ3n) is 2.07. The summed E-state index contributed by atoms with van der Waals surface area (Å²) in [5, 5.41) is 23.0. The first-order chi connectivity index (χ1) is 8.65. The highest BCUT2D eigenvalue weighted by Gasteiger charge is 2.11. The van der Waals surface area contributed by atoms with Crippen LogP contribution >= 0.6 is 0 Å². The van der Waals surface area contributed by atoms with Crippen molar-refractivity contribution in [3.63, 3.8) is 0 Å². The minimum Gasteiger partial charge on any atom is -0.461 e. The van der Waals surface area contributed by atoms with Crippen molar-refractivity contribution in [3.05, 3.63) is 18.4 Å². The second-order valence-corrected chi connectivity index (χ2v) is 3.77. The second kappa shape index (κ2) is 5.41. The van der Waals surface area contributed by atoms with Gasteiger partial charge in [0.1, 0.15) is 6.54 Å². The lowest BCUT2D eigenvalue weighted by Gasteiger charge is -2.05. The van der Waals surface area contributed by atoms with E-state index >= 15 is 0 Å². The molecule has 18 heavy (non-hydrogen) atoms. The lowest BCUT2D eigenvalue weighted by atomic mass is 10.4. The highest BCUT2D eigenvalue weighted by Crippen LogP contribution is 2.12. The molecule has 0 aliphatic rings. The normalized spacial score (nSPS) is 12.3. The van der Waals surface area contributed by atoms with E-state index in [9.17, 15) is 4.79 Å². The molecule has 0 aromatic carbocycles. The number of aliphatic hydroxyl groups excluding tert-OH is 1. The van der Waals surface area contributed by atoms with Gasteiger partial charge < -0.3 is 14.8 Å². The minimum atomic E-state index is -0.587. The molecular formula is C10H13N5O3. The van der Waals surface area contributed by atoms with Gasteiger partial charge in [0.25, 0.3) is 0 Å². The van der Waals surface area contributed by atoms with Gasteiger partial charge in [-0.15, -0.1) is 10.2 Å². The Morgan fingerprint density at radius 3 is 3.17 bits per heavy atom. The van der Waals surface area contributed by atoms with Crippen LogP contribution in [0.5, 0.6) is 0 Å². The van der Waals surface area contributed by atoms with Crippen LogP contribution in [0.3, 0.4) is 0 Å². The molecule has 8 heteroatoms. The highest BCUT2D eigenvalue weighted by atomic mass is 16.3. The molecule has 0 fully saturated rings. The Hall–Kier alpha value is -2.22. The number of rotatable bonds is 5. The number of nitrogens with one attached hydrogen (secondary N) is 1. The molecule has 2 heterocycles. The molecule has 0 aliphatic carbocycles. The molecule has 0 radical (unpaired) electrons. The van der Waals surface area contributed by atoms with E-state index in [2.05, 4.69) is 20.7 Å². The molecule has 0 unspecified atom stereocenters. The topological polar surface area (TPSA) is 106 Å². The Labute approximate surface area is 103 Å². The molecule has 0 bridgehead atoms. The van der Waals surface area contributed by atoms with E-state index in [4.69, 9.17) is 9.52 Å². The molecule has 0 saturated carbocycles. The minimum absolute atomic E-state index is 0.0551. The Morgan fingerprint density at radius 1 is 1.67 bits per heavy atom. The van der Waals surface area contributed by atoms with Gasteiger partial charge in [-0.2, -0.15) is 4.80 Å². The summed E-state index contributed by atoms with van der Waals surface area (Å²) in [6.07, 6.45) is 0.919. The van der Waals surface area contributed by atoms with Crippen molar-refractivity contribution in [1.82, 2.24) is 25.5 Å². The molecule has 1 amide bonds. The van der Waals surface area contributed by atoms with Gasteiger partial charge >= 0.3 is 0 Å². The zero-order chi connectivity index (χ0) is 13.0. The van der Waals surface area contributed by atoms with E-state index in [1.54, 1.807) is 19.1 Å². The number of aromatic nitrogens is 4. The molecule has 96 valence electrons. The summed E-state index contributed by atoms with van der Waals surface area (Å²) in [6.45, 7) is 1.72. The standard InChI is InChI=1S/C10H13N5O3/c1-7(16)5-11-9(17)6-15-13-10(12-14-15)8-3-2-4-18-8/h2-4,7,16H,5-6H2,1H3,(H,11,17)/t7-/m1/s1. The van der Waals surface area contributed by atoms with Crippen LogP contribution in [-0.2, 0) is 11.3 Å². The van der Waals surface area contributed by atoms with Gasteiger partial charge in [0.15, 0.2) is 5.76 Å². The molecule has 2 rings (SSSR count). The van der Waals surface area contributed by atoms with Crippen LogP contribution in [0.15, 0.2) is 22.8 Å². The van der Waals surface area contributed by atoms with Gasteiger partial charge in [0, 0.05) is 6.54 Å². The largest absolute Gasteiger partial charge is 0.461 e. The van der Waals surface area contributed by atoms with Gasteiger partial charge in [-0.3, -0.25) is 4.79 Å². The summed E-state index contributed by atoms with van der Waals surface area (Å²) in [5.74, 6) is 0.522. The Morgan fingerprint density at radius 2 is 2.50 bits per heavy atom. The predicted molar refractivity (Wildman–Crippen MR) is 60.2 cm³/mol. The molecule has 2 aromatic rings. The smallest absolute Gasteiger partial charge is 0.243 e. The number of furan rings is 1. The van der Waals surface area contributed by atoms with Crippen LogP contribution in [0.1, 0.15) is 6.92 Å². The SMILES string of the molecule is C[C@@H](O)CNC(=O)Cn1nnc(-c2ccco2)n1. The molecular weight excluding hydrogens is 238 g/mol. The fraction of sp³-hybridized carbons (Fsp3) is 0.400. The molecule has 2 N–H and O–H groups in total. The Balaban J connectivity index is 1.93. The van der Waals surface area contributed by atoms with Crippen molar-refractivity contribution >= 4 is 5.91 Å². The van der Waals surface area contributed by atoms with Crippen LogP contribution in [0.4, 0.5) is 0 Å². The maximum Gasteiger partial charge on any atom is 0.243 e. The van der Waals surface area contributed by atoms with E-state index in [-0.39, 0.29) is 19.0 Å². The van der Waals surface area contributed by atoms with Crippen molar-refractivity contribution in [2.24, 2.45) is 0 Å². The zero-order valence-electron chi connectivity index (χ0n) is 9.78. The Bertz CT molecular complexity index is 505. The fourth-order valence-corrected chi connectivity index (χ4v) is 1.26. The number of carbonyl (C=O) groups excluding carboxylic acids is 1. The van der Waals surface area contributed by atoms with Crippen LogP contribution in [0.2, 0.25) is 0 Å². The summed E-state index contributed by atoms with van der Waals surface area (Å²) in [4.78, 5) is 12.6. The van der Waals surface area contributed by atoms with E-state index in [1.807, 2.05) is 0 Å². The number of tetrazole rings is 1. The fourth-order valence-electron chi connectivity index (χ4n) is 1.26. The van der Waals surface area contributed by atoms with Crippen molar-refractivity contribution < 1.29 is 14.3 Å². The van der Waals surface area contributed by atoms with Gasteiger partial charge in [0.05, 0.1) is 12.4 Å². The number of nitrogens with zero attached hydrogens (tertiary/aromatic N) is 4. The van der Waals surface area contributed by atoms with Gasteiger partial charge in [-0.05, 0) is 24.3 Å². The summed E-state index contributed by atoms with van der Waals surface area (Å²) in [5.41, 5.74) is 0. The number of amides is 1. The summed E-state index contributed by atoms with van der Waals surface area (Å²) in [6, 6.07) is 3.42. The molecule has 0 aliphatic heterocycles. The van der Waals surface area contributed by atoms with E-state index in [1.165, 1.54) is 6.26 Å². The molecule has 2 aromatic heterocycles. The maximum absolute atomic E-state index is 11.4. The van der Waals surface area contributed by atoms with Crippen LogP contribution in [0, 0.1) is 0 Å². The average Bonchev–Trinajstić information content (AvgIpc) is 2.95. The number of hydrogen-bond acceptors (Lipinski definition) is 6. The maximum atomic E-state index is 11.4. The second-order valence-electron chi connectivity index (χ2n) is 3.77. The van der Waals surface area contributed by atoms with Crippen LogP contribution in [0.25, 0.3) is 11.6 Å². The monoisotopic (exact) mass is 251 g/mol. The molecule has 0 spiro atoms. The Kier molecular flexibility index (Phi) is 3.68. The zero-order valence-corrected chi connectivity index (χ0v) is 9.78. The molecule has 1 atom stereocenters. The lowest BCUT2D eigenvalue weighted by molar-refractivity contribution is -0.122. The summed E-state index contributed by atoms with van der Waals surface area (Å²) >= 11 is 0. The molecule has 0 saturated heterocycles. The summed E-state index contributed by atoms with van der Waals surface area (Å²) in [7, 11) is 0. The quantitative estimate of drug-likeness (QED) is 0.737. The number of hydrogen-bond donors (Lipinski definition) is 2. The van der Waals surface area contributed by atoms with Gasteiger partial charge in [-0.25, -0.2) is 0 Å². The first-order valence-electron chi connectivity index (χ1n) is 5.41. The van der Waals surface area contributed by atoms with E-state index < -0.39 is 6.10 Å². The first-order valence-corrected chi connectivity index (χ1v) is 5.41. The van der Waals surface area contributed by atoms with Crippen molar-refractivity contribution in [1.29, 1.82) is 0 Å². The van der Waals surface area contributed by atoms with Gasteiger partial charge in [-0.1, -0.05) is 0 Å². The third kappa shape index (κ3) is 3.14. The van der Waals surface area contributed by atoms with E-state index in [0.717, 1.165) is 4.80 Å². The summed E-state index contributed by atoms with van der Waals surface area (Å²) < 4.78 is 5.10. The van der Waals surface area contributed by atoms with Crippen molar-refractivity contribution in [2.75, 3.05) is 6.54 Å². The van der Waals surface area contributed by atoms with Crippen LogP contribution < -0.4 is 5.32 Å². The lowest BCUT2D eigenvalue weighted by Crippen LogP contribution is -2.33. The third-order valence-corrected chi connectivity index (χ3v) is 2.07. The van der Waals surface area contributed by atoms with Crippen molar-refractivity contribution in [3.8, 4) is 11.6 Å². The van der Waals surface area contributed by atoms with Crippen molar-refractivity contribution in [2.45, 2.75) is 19.6 Å². The van der Waals surface area contributed by atoms with E-state index in [0.29, 0.717) is 11.6 Å². The molecule has 8 nitrogen and oxygen atoms in total.